The summed E-state index contributed by atoms with van der Waals surface area (Å²) in [5.74, 6) is -1.07. The van der Waals surface area contributed by atoms with Crippen molar-refractivity contribution in [1.82, 2.24) is 14.9 Å². The lowest BCUT2D eigenvalue weighted by Crippen LogP contribution is -2.35. The van der Waals surface area contributed by atoms with Gasteiger partial charge in [-0.1, -0.05) is 30.3 Å². The van der Waals surface area contributed by atoms with Crippen LogP contribution in [0.15, 0.2) is 28.2 Å². The predicted molar refractivity (Wildman–Crippen MR) is 91.1 cm³/mol. The summed E-state index contributed by atoms with van der Waals surface area (Å²) in [6.07, 6.45) is -3.81. The fraction of sp³-hybridized carbons (Fsp3) is 0.400. The van der Waals surface area contributed by atoms with E-state index in [1.165, 1.54) is 10.6 Å². The molecule has 0 aliphatic heterocycles. The Balaban J connectivity index is 2.25. The largest absolute Gasteiger partial charge is 0.405 e. The molecule has 0 radical (unpaired) electrons. The van der Waals surface area contributed by atoms with E-state index in [1.54, 1.807) is 17.4 Å². The average Bonchev–Trinajstić information content (AvgIpc) is 2.53. The maximum absolute atomic E-state index is 12.6. The summed E-state index contributed by atoms with van der Waals surface area (Å²) in [5.41, 5.74) is 0.102. The van der Waals surface area contributed by atoms with Gasteiger partial charge in [-0.3, -0.25) is 14.2 Å². The van der Waals surface area contributed by atoms with Crippen LogP contribution < -0.4 is 10.9 Å². The van der Waals surface area contributed by atoms with Gasteiger partial charge in [-0.05, 0) is 24.6 Å². The zero-order valence-electron chi connectivity index (χ0n) is 13.2. The van der Waals surface area contributed by atoms with Crippen molar-refractivity contribution >= 4 is 40.2 Å². The molecular formula is C15H15ClF3N3O2S. The van der Waals surface area contributed by atoms with Crippen molar-refractivity contribution in [1.29, 1.82) is 0 Å². The molecule has 0 fully saturated rings. The van der Waals surface area contributed by atoms with Crippen LogP contribution in [0.2, 0.25) is 5.02 Å². The number of carbonyl (C=O) groups excluding carboxylic acids is 1. The topological polar surface area (TPSA) is 64.0 Å². The minimum Gasteiger partial charge on any atom is -0.346 e. The minimum absolute atomic E-state index is 0.267. The van der Waals surface area contributed by atoms with E-state index in [1.807, 2.05) is 6.92 Å². The van der Waals surface area contributed by atoms with Crippen LogP contribution in [0, 0.1) is 0 Å². The lowest BCUT2D eigenvalue weighted by molar-refractivity contribution is -0.136. The summed E-state index contributed by atoms with van der Waals surface area (Å²) >= 11 is 6.82. The van der Waals surface area contributed by atoms with E-state index in [0.717, 1.165) is 11.8 Å². The summed E-state index contributed by atoms with van der Waals surface area (Å²) in [4.78, 5) is 28.5. The molecule has 0 aliphatic rings. The van der Waals surface area contributed by atoms with Crippen LogP contribution in [0.3, 0.4) is 0 Å². The van der Waals surface area contributed by atoms with Crippen molar-refractivity contribution in [2.75, 3.05) is 12.3 Å². The van der Waals surface area contributed by atoms with Crippen molar-refractivity contribution in [3.63, 3.8) is 0 Å². The van der Waals surface area contributed by atoms with Gasteiger partial charge in [-0.15, -0.1) is 0 Å². The summed E-state index contributed by atoms with van der Waals surface area (Å²) in [6, 6.07) is 4.69. The normalized spacial score (nSPS) is 11.7. The Kier molecular flexibility index (Phi) is 6.34. The number of thioether (sulfide) groups is 1. The maximum atomic E-state index is 12.6. The summed E-state index contributed by atoms with van der Waals surface area (Å²) < 4.78 is 37.8. The number of fused-ring (bicyclic) bond motifs is 1. The minimum atomic E-state index is -4.47. The first-order valence-electron chi connectivity index (χ1n) is 7.37. The molecule has 0 atom stereocenters. The Morgan fingerprint density at radius 1 is 1.40 bits per heavy atom. The number of hydrogen-bond donors (Lipinski definition) is 1. The van der Waals surface area contributed by atoms with Gasteiger partial charge in [0.25, 0.3) is 5.56 Å². The Bertz CT molecular complexity index is 839. The monoisotopic (exact) mass is 393 g/mol. The van der Waals surface area contributed by atoms with E-state index in [-0.39, 0.29) is 16.5 Å². The molecule has 1 N–H and O–H groups in total. The van der Waals surface area contributed by atoms with Crippen LogP contribution in [0.4, 0.5) is 13.2 Å². The number of amides is 1. The number of rotatable bonds is 6. The van der Waals surface area contributed by atoms with E-state index >= 15 is 0 Å². The van der Waals surface area contributed by atoms with Crippen LogP contribution in [0.1, 0.15) is 13.3 Å². The standard InChI is InChI=1S/C15H15ClF3N3O2S/c1-2-5-22-13(24)10-4-3-9(16)6-11(10)21-14(22)25-7-12(23)20-8-15(17,18)19/h3-4,6H,2,5,7-8H2,1H3,(H,20,23). The molecule has 5 nitrogen and oxygen atoms in total. The highest BCUT2D eigenvalue weighted by Crippen LogP contribution is 2.21. The Morgan fingerprint density at radius 2 is 2.12 bits per heavy atom. The number of aromatic nitrogens is 2. The lowest BCUT2D eigenvalue weighted by atomic mass is 10.2. The first kappa shape index (κ1) is 19.6. The molecule has 0 unspecified atom stereocenters. The number of nitrogens with one attached hydrogen (secondary N) is 1. The van der Waals surface area contributed by atoms with Crippen LogP contribution in [-0.4, -0.2) is 33.9 Å². The second-order valence-electron chi connectivity index (χ2n) is 5.19. The van der Waals surface area contributed by atoms with Gasteiger partial charge >= 0.3 is 6.18 Å². The zero-order valence-corrected chi connectivity index (χ0v) is 14.8. The van der Waals surface area contributed by atoms with Gasteiger partial charge in [0.15, 0.2) is 5.16 Å². The van der Waals surface area contributed by atoms with Gasteiger partial charge in [-0.2, -0.15) is 13.2 Å². The fourth-order valence-electron chi connectivity index (χ4n) is 2.08. The second-order valence-corrected chi connectivity index (χ2v) is 6.57. The zero-order chi connectivity index (χ0) is 18.6. The SMILES string of the molecule is CCCn1c(SCC(=O)NCC(F)(F)F)nc2cc(Cl)ccc2c1=O. The second kappa shape index (κ2) is 8.09. The van der Waals surface area contributed by atoms with Crippen molar-refractivity contribution in [3.8, 4) is 0 Å². The molecule has 10 heteroatoms. The van der Waals surface area contributed by atoms with Crippen molar-refractivity contribution in [2.45, 2.75) is 31.2 Å². The van der Waals surface area contributed by atoms with Gasteiger partial charge in [0.1, 0.15) is 6.54 Å². The highest BCUT2D eigenvalue weighted by atomic mass is 35.5. The Hall–Kier alpha value is -1.74. The molecule has 1 amide bonds. The van der Waals surface area contributed by atoms with Crippen LogP contribution >= 0.6 is 23.4 Å². The predicted octanol–water partition coefficient (Wildman–Crippen LogP) is 3.23. The van der Waals surface area contributed by atoms with Gasteiger partial charge in [0, 0.05) is 11.6 Å². The third-order valence-corrected chi connectivity index (χ3v) is 4.36. The van der Waals surface area contributed by atoms with E-state index in [9.17, 15) is 22.8 Å². The molecule has 1 aromatic carbocycles. The third-order valence-electron chi connectivity index (χ3n) is 3.15. The Labute approximate surface area is 150 Å². The number of alkyl halides is 3. The van der Waals surface area contributed by atoms with E-state index in [4.69, 9.17) is 11.6 Å². The number of carbonyl (C=O) groups is 1. The van der Waals surface area contributed by atoms with Crippen molar-refractivity contribution in [3.05, 3.63) is 33.6 Å². The average molecular weight is 394 g/mol. The van der Waals surface area contributed by atoms with Crippen LogP contribution in [-0.2, 0) is 11.3 Å². The van der Waals surface area contributed by atoms with Gasteiger partial charge < -0.3 is 5.32 Å². The summed E-state index contributed by atoms with van der Waals surface area (Å²) in [5, 5.41) is 2.85. The van der Waals surface area contributed by atoms with Gasteiger partial charge in [0.05, 0.1) is 16.7 Å². The molecule has 0 spiro atoms. The smallest absolute Gasteiger partial charge is 0.346 e. The van der Waals surface area contributed by atoms with Crippen LogP contribution in [0.5, 0.6) is 0 Å². The van der Waals surface area contributed by atoms with Crippen molar-refractivity contribution in [2.24, 2.45) is 0 Å². The molecule has 1 heterocycles. The molecule has 0 saturated heterocycles. The molecular weight excluding hydrogens is 379 g/mol. The first-order chi connectivity index (χ1) is 11.7. The van der Waals surface area contributed by atoms with Gasteiger partial charge in [0.2, 0.25) is 5.91 Å². The molecule has 1 aromatic heterocycles. The van der Waals surface area contributed by atoms with Gasteiger partial charge in [-0.25, -0.2) is 4.98 Å². The van der Waals surface area contributed by atoms with Crippen molar-refractivity contribution < 1.29 is 18.0 Å². The molecule has 136 valence electrons. The molecule has 25 heavy (non-hydrogen) atoms. The highest BCUT2D eigenvalue weighted by molar-refractivity contribution is 7.99. The molecule has 0 saturated carbocycles. The van der Waals surface area contributed by atoms with E-state index in [0.29, 0.717) is 28.9 Å². The summed E-state index contributed by atoms with van der Waals surface area (Å²) in [7, 11) is 0. The molecule has 2 aromatic rings. The highest BCUT2D eigenvalue weighted by Gasteiger charge is 2.27. The molecule has 0 bridgehead atoms. The number of hydrogen-bond acceptors (Lipinski definition) is 4. The maximum Gasteiger partial charge on any atom is 0.405 e. The van der Waals surface area contributed by atoms with E-state index in [2.05, 4.69) is 4.98 Å². The number of nitrogens with zero attached hydrogens (tertiary/aromatic N) is 2. The third kappa shape index (κ3) is 5.37. The first-order valence-corrected chi connectivity index (χ1v) is 8.74. The number of benzene rings is 1. The quantitative estimate of drug-likeness (QED) is 0.604. The molecule has 2 rings (SSSR count). The lowest BCUT2D eigenvalue weighted by Gasteiger charge is -2.13. The number of halogens is 4. The van der Waals surface area contributed by atoms with E-state index < -0.39 is 18.6 Å². The summed E-state index contributed by atoms with van der Waals surface area (Å²) in [6.45, 7) is 0.870. The fourth-order valence-corrected chi connectivity index (χ4v) is 3.11. The Morgan fingerprint density at radius 3 is 2.76 bits per heavy atom. The molecule has 0 aliphatic carbocycles. The van der Waals surface area contributed by atoms with Crippen LogP contribution in [0.25, 0.3) is 10.9 Å².